The number of likely N-dealkylation sites (tertiary alicyclic amines) is 1. The zero-order valence-electron chi connectivity index (χ0n) is 15.4. The average molecular weight is 374 g/mol. The van der Waals surface area contributed by atoms with Gasteiger partial charge in [0.15, 0.2) is 5.78 Å². The number of hydrogen-bond acceptors (Lipinski definition) is 5. The van der Waals surface area contributed by atoms with E-state index < -0.39 is 12.1 Å². The Balaban J connectivity index is 1.50. The predicted octanol–water partition coefficient (Wildman–Crippen LogP) is 1.92. The first-order valence-electron chi connectivity index (χ1n) is 9.91. The minimum Gasteiger partial charge on any atom is -0.472 e. The van der Waals surface area contributed by atoms with Crippen molar-refractivity contribution >= 4 is 17.6 Å². The molecule has 3 aliphatic rings. The van der Waals surface area contributed by atoms with Crippen molar-refractivity contribution in [2.24, 2.45) is 5.92 Å². The van der Waals surface area contributed by atoms with Crippen LogP contribution in [0.4, 0.5) is 0 Å². The molecule has 3 unspecified atom stereocenters. The molecular weight excluding hydrogens is 348 g/mol. The highest BCUT2D eigenvalue weighted by molar-refractivity contribution is 5.99. The summed E-state index contributed by atoms with van der Waals surface area (Å²) in [6, 6.07) is 0.470. The van der Waals surface area contributed by atoms with Gasteiger partial charge in [0.25, 0.3) is 5.91 Å². The van der Waals surface area contributed by atoms with Crippen molar-refractivity contribution in [1.29, 1.82) is 0 Å². The van der Waals surface area contributed by atoms with E-state index in [0.717, 1.165) is 12.8 Å². The Kier molecular flexibility index (Phi) is 5.29. The van der Waals surface area contributed by atoms with Crippen LogP contribution in [0.1, 0.15) is 55.3 Å². The Hall–Kier alpha value is -2.15. The molecule has 1 aromatic rings. The Morgan fingerprint density at radius 3 is 2.78 bits per heavy atom. The molecule has 3 atom stereocenters. The maximum Gasteiger partial charge on any atom is 0.255 e. The van der Waals surface area contributed by atoms with Crippen molar-refractivity contribution in [3.8, 4) is 0 Å². The summed E-state index contributed by atoms with van der Waals surface area (Å²) in [4.78, 5) is 39.6. The van der Waals surface area contributed by atoms with E-state index in [0.29, 0.717) is 30.9 Å². The number of rotatable bonds is 5. The number of carbonyl (C=O) groups excluding carboxylic acids is 3. The van der Waals surface area contributed by atoms with Gasteiger partial charge in [-0.3, -0.25) is 14.4 Å². The number of carbonyl (C=O) groups is 3. The lowest BCUT2D eigenvalue weighted by Gasteiger charge is -2.31. The summed E-state index contributed by atoms with van der Waals surface area (Å²) in [6.07, 6.45) is 9.64. The molecule has 0 spiro atoms. The van der Waals surface area contributed by atoms with E-state index in [1.807, 2.05) is 0 Å². The maximum absolute atomic E-state index is 13.3. The summed E-state index contributed by atoms with van der Waals surface area (Å²) >= 11 is 0. The fraction of sp³-hybridized carbons (Fsp3) is 0.650. The highest BCUT2D eigenvalue weighted by Crippen LogP contribution is 2.31. The topological polar surface area (TPSA) is 88.9 Å². The Morgan fingerprint density at radius 1 is 1.22 bits per heavy atom. The lowest BCUT2D eigenvalue weighted by atomic mass is 9.84. The smallest absolute Gasteiger partial charge is 0.255 e. The van der Waals surface area contributed by atoms with Gasteiger partial charge in [0.05, 0.1) is 17.9 Å². The van der Waals surface area contributed by atoms with Gasteiger partial charge in [-0.25, -0.2) is 0 Å². The van der Waals surface area contributed by atoms with Gasteiger partial charge in [0, 0.05) is 6.54 Å². The van der Waals surface area contributed by atoms with Crippen molar-refractivity contribution in [3.63, 3.8) is 0 Å². The molecule has 7 nitrogen and oxygen atoms in total. The third-order valence-electron chi connectivity index (χ3n) is 6.08. The minimum atomic E-state index is -0.623. The van der Waals surface area contributed by atoms with Crippen LogP contribution in [0.3, 0.4) is 0 Å². The number of amides is 2. The molecular formula is C20H26N2O5. The number of furan rings is 1. The normalized spacial score (nSPS) is 26.8. The van der Waals surface area contributed by atoms with Crippen molar-refractivity contribution in [1.82, 2.24) is 10.2 Å². The van der Waals surface area contributed by atoms with Crippen LogP contribution in [0.2, 0.25) is 0 Å². The molecule has 2 aliphatic heterocycles. The molecule has 3 fully saturated rings. The van der Waals surface area contributed by atoms with Crippen LogP contribution in [0, 0.1) is 5.92 Å². The monoisotopic (exact) mass is 374 g/mol. The number of ether oxygens (including phenoxy) is 1. The molecule has 2 saturated heterocycles. The van der Waals surface area contributed by atoms with E-state index in [-0.39, 0.29) is 30.3 Å². The van der Waals surface area contributed by atoms with E-state index >= 15 is 0 Å². The summed E-state index contributed by atoms with van der Waals surface area (Å²) in [5, 5.41) is 2.90. The second kappa shape index (κ2) is 7.84. The van der Waals surface area contributed by atoms with Gasteiger partial charge in [-0.15, -0.1) is 0 Å². The first-order chi connectivity index (χ1) is 13.1. The molecule has 146 valence electrons. The number of nitrogens with one attached hydrogen (secondary N) is 1. The van der Waals surface area contributed by atoms with Crippen LogP contribution < -0.4 is 5.32 Å². The zero-order valence-corrected chi connectivity index (χ0v) is 15.4. The van der Waals surface area contributed by atoms with Gasteiger partial charge < -0.3 is 19.4 Å². The van der Waals surface area contributed by atoms with Crippen LogP contribution >= 0.6 is 0 Å². The Labute approximate surface area is 158 Å². The summed E-state index contributed by atoms with van der Waals surface area (Å²) in [6.45, 7) is 0.580. The van der Waals surface area contributed by atoms with Crippen LogP contribution in [0.15, 0.2) is 23.0 Å². The molecule has 27 heavy (non-hydrogen) atoms. The second-order valence-electron chi connectivity index (χ2n) is 7.86. The number of ketones is 1. The van der Waals surface area contributed by atoms with E-state index in [1.54, 1.807) is 11.0 Å². The molecule has 1 aromatic heterocycles. The van der Waals surface area contributed by atoms with Crippen LogP contribution in [0.25, 0.3) is 0 Å². The third-order valence-corrected chi connectivity index (χ3v) is 6.08. The van der Waals surface area contributed by atoms with Crippen molar-refractivity contribution < 1.29 is 23.5 Å². The van der Waals surface area contributed by atoms with Gasteiger partial charge in [-0.05, 0) is 24.8 Å². The van der Waals surface area contributed by atoms with E-state index in [9.17, 15) is 14.4 Å². The first kappa shape index (κ1) is 18.2. The summed E-state index contributed by atoms with van der Waals surface area (Å²) < 4.78 is 10.5. The highest BCUT2D eigenvalue weighted by Gasteiger charge is 2.48. The molecule has 4 rings (SSSR count). The lowest BCUT2D eigenvalue weighted by Crippen LogP contribution is -2.52. The molecule has 1 saturated carbocycles. The molecule has 0 aromatic carbocycles. The highest BCUT2D eigenvalue weighted by atomic mass is 16.5. The van der Waals surface area contributed by atoms with Gasteiger partial charge in [0.2, 0.25) is 5.91 Å². The van der Waals surface area contributed by atoms with E-state index in [2.05, 4.69) is 5.32 Å². The maximum atomic E-state index is 13.3. The van der Waals surface area contributed by atoms with E-state index in [1.165, 1.54) is 31.8 Å². The predicted molar refractivity (Wildman–Crippen MR) is 96.0 cm³/mol. The Bertz CT molecular complexity index is 695. The number of nitrogens with zero attached hydrogens (tertiary/aromatic N) is 1. The van der Waals surface area contributed by atoms with Gasteiger partial charge in [-0.1, -0.05) is 32.1 Å². The molecule has 2 amide bonds. The molecule has 1 aliphatic carbocycles. The quantitative estimate of drug-likeness (QED) is 0.851. The van der Waals surface area contributed by atoms with Crippen LogP contribution in [-0.2, 0) is 14.3 Å². The minimum absolute atomic E-state index is 0.0385. The fourth-order valence-electron chi connectivity index (χ4n) is 4.65. The van der Waals surface area contributed by atoms with Crippen molar-refractivity contribution in [3.05, 3.63) is 24.2 Å². The average Bonchev–Trinajstić information content (AvgIpc) is 3.41. The van der Waals surface area contributed by atoms with E-state index in [4.69, 9.17) is 9.15 Å². The third kappa shape index (κ3) is 3.78. The number of hydrogen-bond donors (Lipinski definition) is 1. The molecule has 7 heteroatoms. The fourth-order valence-corrected chi connectivity index (χ4v) is 4.65. The van der Waals surface area contributed by atoms with Crippen LogP contribution in [-0.4, -0.2) is 53.8 Å². The summed E-state index contributed by atoms with van der Waals surface area (Å²) in [5.41, 5.74) is 0.399. The standard InChI is InChI=1S/C20H26N2O5/c23-16-12-27-17-6-8-22(18(16)17)20(25)15(10-13-4-2-1-3-5-13)21-19(24)14-7-9-26-11-14/h7,9,11,13,15,17-18H,1-6,8,10,12H2,(H,21,24). The second-order valence-corrected chi connectivity index (χ2v) is 7.86. The Morgan fingerprint density at radius 2 is 2.04 bits per heavy atom. The van der Waals surface area contributed by atoms with Gasteiger partial charge in [-0.2, -0.15) is 0 Å². The van der Waals surface area contributed by atoms with Gasteiger partial charge in [0.1, 0.15) is 25.0 Å². The number of fused-ring (bicyclic) bond motifs is 1. The van der Waals surface area contributed by atoms with Gasteiger partial charge >= 0.3 is 0 Å². The molecule has 1 N–H and O–H groups in total. The van der Waals surface area contributed by atoms with Crippen molar-refractivity contribution in [2.75, 3.05) is 13.2 Å². The lowest BCUT2D eigenvalue weighted by molar-refractivity contribution is -0.138. The SMILES string of the molecule is O=C(NC(CC1CCCCC1)C(=O)N1CCC2OCC(=O)C21)c1ccoc1. The summed E-state index contributed by atoms with van der Waals surface area (Å²) in [5.74, 6) is -0.0962. The largest absolute Gasteiger partial charge is 0.472 e. The first-order valence-corrected chi connectivity index (χ1v) is 9.91. The molecule has 0 radical (unpaired) electrons. The van der Waals surface area contributed by atoms with Crippen molar-refractivity contribution in [2.45, 2.75) is 63.1 Å². The van der Waals surface area contributed by atoms with Crippen LogP contribution in [0.5, 0.6) is 0 Å². The number of Topliss-reactive ketones (excluding diaryl/α,β-unsaturated/α-hetero) is 1. The molecule has 0 bridgehead atoms. The summed E-state index contributed by atoms with van der Waals surface area (Å²) in [7, 11) is 0. The zero-order chi connectivity index (χ0) is 18.8. The molecule has 3 heterocycles.